The number of aromatic nitrogens is 1. The van der Waals surface area contributed by atoms with Crippen molar-refractivity contribution in [2.75, 3.05) is 5.32 Å². The van der Waals surface area contributed by atoms with Crippen LogP contribution in [0.1, 0.15) is 15.9 Å². The minimum Gasteiger partial charge on any atom is -0.478 e. The Morgan fingerprint density at radius 1 is 1.19 bits per heavy atom. The molecule has 2 aromatic carbocycles. The number of carboxylic acid groups (broad SMARTS) is 1. The molecule has 0 spiro atoms. The van der Waals surface area contributed by atoms with E-state index in [1.807, 2.05) is 48.1 Å². The Kier molecular flexibility index (Phi) is 4.54. The van der Waals surface area contributed by atoms with Gasteiger partial charge in [-0.05, 0) is 30.3 Å². The van der Waals surface area contributed by atoms with Gasteiger partial charge in [-0.25, -0.2) is 4.79 Å². The van der Waals surface area contributed by atoms with E-state index in [2.05, 4.69) is 5.32 Å². The number of aryl methyl sites for hydroxylation is 1. The third kappa shape index (κ3) is 3.32. The molecule has 1 heterocycles. The number of aromatic carboxylic acids is 1. The number of nitriles is 1. The summed E-state index contributed by atoms with van der Waals surface area (Å²) in [6.45, 7) is 0. The molecular formula is C20H15N3O3. The van der Waals surface area contributed by atoms with Crippen molar-refractivity contribution < 1.29 is 14.7 Å². The molecule has 0 aliphatic carbocycles. The lowest BCUT2D eigenvalue weighted by atomic mass is 10.1. The number of carbonyl (C=O) groups excluding carboxylic acids is 1. The summed E-state index contributed by atoms with van der Waals surface area (Å²) < 4.78 is 1.92. The summed E-state index contributed by atoms with van der Waals surface area (Å²) in [5.74, 6) is -1.68. The molecule has 2 N–H and O–H groups in total. The van der Waals surface area contributed by atoms with E-state index in [1.165, 1.54) is 24.3 Å². The molecule has 0 aliphatic heterocycles. The first-order valence-electron chi connectivity index (χ1n) is 7.80. The van der Waals surface area contributed by atoms with Crippen LogP contribution >= 0.6 is 0 Å². The van der Waals surface area contributed by atoms with Gasteiger partial charge in [0.25, 0.3) is 5.91 Å². The minimum atomic E-state index is -1.09. The Balaban J connectivity index is 1.92. The molecule has 0 saturated heterocycles. The molecule has 3 aromatic rings. The molecule has 3 rings (SSSR count). The maximum Gasteiger partial charge on any atom is 0.335 e. The average Bonchev–Trinajstić information content (AvgIpc) is 2.96. The van der Waals surface area contributed by atoms with Crippen LogP contribution < -0.4 is 5.32 Å². The van der Waals surface area contributed by atoms with Gasteiger partial charge in [0.2, 0.25) is 0 Å². The summed E-state index contributed by atoms with van der Waals surface area (Å²) in [4.78, 5) is 23.4. The van der Waals surface area contributed by atoms with Crippen LogP contribution in [0, 0.1) is 11.3 Å². The molecule has 0 aliphatic rings. The zero-order chi connectivity index (χ0) is 18.7. The highest BCUT2D eigenvalue weighted by atomic mass is 16.4. The predicted octanol–water partition coefficient (Wildman–Crippen LogP) is 3.42. The fourth-order valence-corrected chi connectivity index (χ4v) is 2.72. The van der Waals surface area contributed by atoms with Crippen LogP contribution in [-0.4, -0.2) is 21.6 Å². The summed E-state index contributed by atoms with van der Waals surface area (Å²) in [7, 11) is 1.89. The van der Waals surface area contributed by atoms with Crippen LogP contribution in [0.4, 0.5) is 5.69 Å². The summed E-state index contributed by atoms with van der Waals surface area (Å²) in [6, 6.07) is 15.5. The Labute approximate surface area is 149 Å². The van der Waals surface area contributed by atoms with E-state index >= 15 is 0 Å². The number of carbonyl (C=O) groups is 2. The number of fused-ring (bicyclic) bond motifs is 1. The van der Waals surface area contributed by atoms with Crippen molar-refractivity contribution in [3.8, 4) is 6.07 Å². The largest absolute Gasteiger partial charge is 0.478 e. The zero-order valence-electron chi connectivity index (χ0n) is 13.9. The van der Waals surface area contributed by atoms with Crippen molar-refractivity contribution in [3.05, 3.63) is 71.4 Å². The first kappa shape index (κ1) is 17.0. The fraction of sp³-hybridized carbons (Fsp3) is 0.0500. The highest BCUT2D eigenvalue weighted by molar-refractivity contribution is 6.11. The van der Waals surface area contributed by atoms with Crippen molar-refractivity contribution in [1.29, 1.82) is 5.26 Å². The molecule has 0 fully saturated rings. The highest BCUT2D eigenvalue weighted by Gasteiger charge is 2.13. The molecule has 0 saturated carbocycles. The molecule has 1 amide bonds. The zero-order valence-corrected chi connectivity index (χ0v) is 13.9. The number of rotatable bonds is 4. The lowest BCUT2D eigenvalue weighted by Crippen LogP contribution is -2.13. The number of hydrogen-bond donors (Lipinski definition) is 2. The number of hydrogen-bond acceptors (Lipinski definition) is 3. The van der Waals surface area contributed by atoms with Gasteiger partial charge in [0.1, 0.15) is 11.6 Å². The second kappa shape index (κ2) is 6.95. The van der Waals surface area contributed by atoms with E-state index in [-0.39, 0.29) is 11.1 Å². The summed E-state index contributed by atoms with van der Waals surface area (Å²) in [5, 5.41) is 21.9. The summed E-state index contributed by atoms with van der Waals surface area (Å²) >= 11 is 0. The van der Waals surface area contributed by atoms with E-state index in [4.69, 9.17) is 5.11 Å². The van der Waals surface area contributed by atoms with Gasteiger partial charge in [-0.15, -0.1) is 0 Å². The number of para-hydroxylation sites is 1. The fourth-order valence-electron chi connectivity index (χ4n) is 2.72. The molecule has 0 bridgehead atoms. The van der Waals surface area contributed by atoms with Crippen LogP contribution in [0.3, 0.4) is 0 Å². The summed E-state index contributed by atoms with van der Waals surface area (Å²) in [5.41, 5.74) is 2.05. The second-order valence-electron chi connectivity index (χ2n) is 5.72. The average molecular weight is 345 g/mol. The van der Waals surface area contributed by atoms with Gasteiger partial charge in [-0.2, -0.15) is 5.26 Å². The van der Waals surface area contributed by atoms with Crippen LogP contribution in [0.5, 0.6) is 0 Å². The van der Waals surface area contributed by atoms with Gasteiger partial charge in [0.15, 0.2) is 0 Å². The highest BCUT2D eigenvalue weighted by Crippen LogP contribution is 2.23. The SMILES string of the molecule is Cn1cc(/C=C(/C#N)C(=O)Nc2cccc(C(=O)O)c2)c2ccccc21. The summed E-state index contributed by atoms with van der Waals surface area (Å²) in [6.07, 6.45) is 3.37. The van der Waals surface area contributed by atoms with Gasteiger partial charge in [0.05, 0.1) is 5.56 Å². The smallest absolute Gasteiger partial charge is 0.335 e. The van der Waals surface area contributed by atoms with Crippen molar-refractivity contribution >= 4 is 34.5 Å². The van der Waals surface area contributed by atoms with Crippen LogP contribution in [-0.2, 0) is 11.8 Å². The molecule has 0 unspecified atom stereocenters. The number of amides is 1. The van der Waals surface area contributed by atoms with Crippen LogP contribution in [0.2, 0.25) is 0 Å². The Morgan fingerprint density at radius 3 is 2.69 bits per heavy atom. The lowest BCUT2D eigenvalue weighted by Gasteiger charge is -2.05. The Hall–Kier alpha value is -3.85. The van der Waals surface area contributed by atoms with Gasteiger partial charge in [0, 0.05) is 35.4 Å². The van der Waals surface area contributed by atoms with E-state index in [9.17, 15) is 14.9 Å². The van der Waals surface area contributed by atoms with Crippen molar-refractivity contribution in [2.24, 2.45) is 7.05 Å². The molecule has 128 valence electrons. The first-order valence-corrected chi connectivity index (χ1v) is 7.80. The lowest BCUT2D eigenvalue weighted by molar-refractivity contribution is -0.112. The molecule has 0 radical (unpaired) electrons. The van der Waals surface area contributed by atoms with Gasteiger partial charge >= 0.3 is 5.97 Å². The van der Waals surface area contributed by atoms with Crippen molar-refractivity contribution in [3.63, 3.8) is 0 Å². The molecule has 6 heteroatoms. The Bertz CT molecular complexity index is 1090. The van der Waals surface area contributed by atoms with E-state index in [0.717, 1.165) is 16.5 Å². The van der Waals surface area contributed by atoms with Crippen LogP contribution in [0.15, 0.2) is 60.3 Å². The third-order valence-corrected chi connectivity index (χ3v) is 3.96. The van der Waals surface area contributed by atoms with Crippen LogP contribution in [0.25, 0.3) is 17.0 Å². The van der Waals surface area contributed by atoms with Gasteiger partial charge < -0.3 is 15.0 Å². The monoisotopic (exact) mass is 345 g/mol. The molecule has 26 heavy (non-hydrogen) atoms. The van der Waals surface area contributed by atoms with Crippen molar-refractivity contribution in [1.82, 2.24) is 4.57 Å². The molecule has 6 nitrogen and oxygen atoms in total. The molecule has 0 atom stereocenters. The second-order valence-corrected chi connectivity index (χ2v) is 5.72. The van der Waals surface area contributed by atoms with Crippen molar-refractivity contribution in [2.45, 2.75) is 0 Å². The topological polar surface area (TPSA) is 95.1 Å². The maximum atomic E-state index is 12.4. The van der Waals surface area contributed by atoms with Gasteiger partial charge in [-0.3, -0.25) is 4.79 Å². The number of nitrogens with one attached hydrogen (secondary N) is 1. The normalized spacial score (nSPS) is 11.2. The quantitative estimate of drug-likeness (QED) is 0.559. The van der Waals surface area contributed by atoms with E-state index < -0.39 is 11.9 Å². The molecule has 1 aromatic heterocycles. The minimum absolute atomic E-state index is 0.0549. The predicted molar refractivity (Wildman–Crippen MR) is 98.5 cm³/mol. The standard InChI is InChI=1S/C20H15N3O3/c1-23-12-15(17-7-2-3-8-18(17)23)9-14(11-21)19(24)22-16-6-4-5-13(10-16)20(25)26/h2-10,12H,1H3,(H,22,24)(H,25,26)/b14-9-. The maximum absolute atomic E-state index is 12.4. The number of anilines is 1. The number of nitrogens with zero attached hydrogens (tertiary/aromatic N) is 2. The first-order chi connectivity index (χ1) is 12.5. The van der Waals surface area contributed by atoms with E-state index in [0.29, 0.717) is 5.69 Å². The van der Waals surface area contributed by atoms with E-state index in [1.54, 1.807) is 6.07 Å². The number of benzene rings is 2. The third-order valence-electron chi connectivity index (χ3n) is 3.96. The Morgan fingerprint density at radius 2 is 1.96 bits per heavy atom. The molecular weight excluding hydrogens is 330 g/mol. The van der Waals surface area contributed by atoms with Gasteiger partial charge in [-0.1, -0.05) is 24.3 Å². The number of carboxylic acids is 1.